The maximum atomic E-state index is 12.6. The topological polar surface area (TPSA) is 57.7 Å². The average Bonchev–Trinajstić information content (AvgIpc) is 2.84. The molecular formula is C22H36N2O3. The van der Waals surface area contributed by atoms with Gasteiger partial charge in [-0.05, 0) is 24.8 Å². The van der Waals surface area contributed by atoms with Crippen LogP contribution < -0.4 is 0 Å². The third kappa shape index (κ3) is 8.27. The fraction of sp³-hybridized carbons (Fsp3) is 0.773. The van der Waals surface area contributed by atoms with Crippen molar-refractivity contribution in [2.45, 2.75) is 77.0 Å². The molecule has 0 bridgehead atoms. The van der Waals surface area contributed by atoms with Crippen LogP contribution in [0.5, 0.6) is 0 Å². The van der Waals surface area contributed by atoms with Crippen molar-refractivity contribution in [2.24, 2.45) is 5.92 Å². The zero-order chi connectivity index (χ0) is 19.3. The number of allylic oxidation sites excluding steroid dienone is 1. The van der Waals surface area contributed by atoms with E-state index in [9.17, 15) is 14.4 Å². The van der Waals surface area contributed by atoms with Gasteiger partial charge < -0.3 is 14.6 Å². The molecule has 1 aliphatic carbocycles. The molecule has 0 aromatic rings. The number of hydrogen-bond acceptors (Lipinski definition) is 3. The summed E-state index contributed by atoms with van der Waals surface area (Å²) in [4.78, 5) is 38.5. The van der Waals surface area contributed by atoms with Gasteiger partial charge in [-0.2, -0.15) is 0 Å². The van der Waals surface area contributed by atoms with Crippen LogP contribution >= 0.6 is 0 Å². The maximum Gasteiger partial charge on any atom is 0.246 e. The van der Waals surface area contributed by atoms with E-state index in [1.165, 1.54) is 75.5 Å². The van der Waals surface area contributed by atoms with Gasteiger partial charge in [-0.25, -0.2) is 0 Å². The van der Waals surface area contributed by atoms with Crippen LogP contribution in [0.1, 0.15) is 77.0 Å². The van der Waals surface area contributed by atoms with Crippen LogP contribution in [0.2, 0.25) is 0 Å². The van der Waals surface area contributed by atoms with E-state index in [1.807, 2.05) is 0 Å². The Hall–Kier alpha value is -1.65. The molecule has 1 saturated carbocycles. The van der Waals surface area contributed by atoms with Crippen molar-refractivity contribution in [3.05, 3.63) is 12.2 Å². The molecule has 27 heavy (non-hydrogen) atoms. The predicted molar refractivity (Wildman–Crippen MR) is 107 cm³/mol. The van der Waals surface area contributed by atoms with Gasteiger partial charge in [-0.1, -0.05) is 63.9 Å². The normalized spacial score (nSPS) is 22.1. The van der Waals surface area contributed by atoms with Gasteiger partial charge in [0.1, 0.15) is 6.29 Å². The zero-order valence-corrected chi connectivity index (χ0v) is 16.7. The summed E-state index contributed by atoms with van der Waals surface area (Å²) in [6.45, 7) is 1.52. The monoisotopic (exact) mass is 376 g/mol. The molecule has 2 amide bonds. The molecule has 2 aliphatic rings. The van der Waals surface area contributed by atoms with E-state index < -0.39 is 0 Å². The van der Waals surface area contributed by atoms with Crippen LogP contribution in [0.15, 0.2) is 12.2 Å². The predicted octanol–water partition coefficient (Wildman–Crippen LogP) is 3.72. The summed E-state index contributed by atoms with van der Waals surface area (Å²) >= 11 is 0. The summed E-state index contributed by atoms with van der Waals surface area (Å²) in [5.41, 5.74) is 0. The van der Waals surface area contributed by atoms with Gasteiger partial charge in [-0.15, -0.1) is 0 Å². The van der Waals surface area contributed by atoms with E-state index in [0.717, 1.165) is 6.29 Å². The fourth-order valence-corrected chi connectivity index (χ4v) is 4.08. The highest BCUT2D eigenvalue weighted by Crippen LogP contribution is 2.22. The van der Waals surface area contributed by atoms with Gasteiger partial charge >= 0.3 is 0 Å². The van der Waals surface area contributed by atoms with E-state index in [2.05, 4.69) is 6.08 Å². The molecule has 1 saturated heterocycles. The number of rotatable bonds is 4. The van der Waals surface area contributed by atoms with Crippen LogP contribution in [0.3, 0.4) is 0 Å². The lowest BCUT2D eigenvalue weighted by Crippen LogP contribution is -2.36. The SMILES string of the molecule is O=CCN1CCN(C(=O)/C=C/C2CCCCCCCCCCC2)CCC1=O. The Balaban J connectivity index is 1.84. The molecule has 152 valence electrons. The number of aldehydes is 1. The molecule has 0 aromatic heterocycles. The van der Waals surface area contributed by atoms with Gasteiger partial charge in [0.25, 0.3) is 0 Å². The summed E-state index contributed by atoms with van der Waals surface area (Å²) in [6, 6.07) is 0. The molecule has 0 atom stereocenters. The molecule has 5 nitrogen and oxygen atoms in total. The van der Waals surface area contributed by atoms with Crippen LogP contribution in [0.4, 0.5) is 0 Å². The first-order valence-electron chi connectivity index (χ1n) is 10.9. The minimum absolute atomic E-state index is 0.00173. The Bertz CT molecular complexity index is 492. The van der Waals surface area contributed by atoms with Crippen LogP contribution in [-0.4, -0.2) is 54.1 Å². The molecule has 1 heterocycles. The molecule has 5 heteroatoms. The lowest BCUT2D eigenvalue weighted by Gasteiger charge is -2.20. The van der Waals surface area contributed by atoms with Crippen molar-refractivity contribution < 1.29 is 14.4 Å². The standard InChI is InChI=1S/C22H36N2O3/c25-19-18-24-17-16-23(15-14-22(24)27)21(26)13-12-20-10-8-6-4-2-1-3-5-7-9-11-20/h12-13,19-20H,1-11,14-18H2/b13-12+. The Labute approximate surface area is 164 Å². The molecule has 2 rings (SSSR count). The number of carbonyl (C=O) groups is 3. The largest absolute Gasteiger partial charge is 0.337 e. The van der Waals surface area contributed by atoms with Crippen LogP contribution in [-0.2, 0) is 14.4 Å². The van der Waals surface area contributed by atoms with Gasteiger partial charge in [0.05, 0.1) is 6.54 Å². The molecule has 0 spiro atoms. The van der Waals surface area contributed by atoms with Crippen LogP contribution in [0.25, 0.3) is 0 Å². The van der Waals surface area contributed by atoms with Crippen molar-refractivity contribution in [1.82, 2.24) is 9.80 Å². The van der Waals surface area contributed by atoms with Gasteiger partial charge in [-0.3, -0.25) is 9.59 Å². The number of carbonyl (C=O) groups excluding carboxylic acids is 3. The minimum Gasteiger partial charge on any atom is -0.337 e. The smallest absolute Gasteiger partial charge is 0.246 e. The Morgan fingerprint density at radius 1 is 0.889 bits per heavy atom. The second kappa shape index (κ2) is 12.7. The molecule has 0 N–H and O–H groups in total. The van der Waals surface area contributed by atoms with E-state index in [0.29, 0.717) is 32.0 Å². The highest BCUT2D eigenvalue weighted by atomic mass is 16.2. The first-order chi connectivity index (χ1) is 13.2. The van der Waals surface area contributed by atoms with Crippen molar-refractivity contribution in [1.29, 1.82) is 0 Å². The molecule has 1 aliphatic heterocycles. The highest BCUT2D eigenvalue weighted by molar-refractivity contribution is 5.88. The zero-order valence-electron chi connectivity index (χ0n) is 16.7. The summed E-state index contributed by atoms with van der Waals surface area (Å²) in [5, 5.41) is 0. The summed E-state index contributed by atoms with van der Waals surface area (Å²) < 4.78 is 0. The minimum atomic E-state index is -0.0410. The summed E-state index contributed by atoms with van der Waals surface area (Å²) in [6.07, 6.45) is 19.2. The quantitative estimate of drug-likeness (QED) is 0.555. The molecular weight excluding hydrogens is 340 g/mol. The summed E-state index contributed by atoms with van der Waals surface area (Å²) in [5.74, 6) is 0.455. The second-order valence-electron chi connectivity index (χ2n) is 7.96. The first kappa shape index (κ1) is 21.6. The molecule has 2 fully saturated rings. The van der Waals surface area contributed by atoms with E-state index in [4.69, 9.17) is 0 Å². The Kier molecular flexibility index (Phi) is 10.2. The third-order valence-corrected chi connectivity index (χ3v) is 5.86. The molecule has 0 radical (unpaired) electrons. The van der Waals surface area contributed by atoms with Crippen molar-refractivity contribution in [2.75, 3.05) is 26.2 Å². The lowest BCUT2D eigenvalue weighted by atomic mass is 9.92. The number of hydrogen-bond donors (Lipinski definition) is 0. The van der Waals surface area contributed by atoms with Crippen molar-refractivity contribution >= 4 is 18.1 Å². The maximum absolute atomic E-state index is 12.6. The first-order valence-corrected chi connectivity index (χ1v) is 10.9. The molecule has 0 unspecified atom stereocenters. The Morgan fingerprint density at radius 2 is 1.48 bits per heavy atom. The van der Waals surface area contributed by atoms with E-state index in [-0.39, 0.29) is 18.4 Å². The highest BCUT2D eigenvalue weighted by Gasteiger charge is 2.22. The summed E-state index contributed by atoms with van der Waals surface area (Å²) in [7, 11) is 0. The van der Waals surface area contributed by atoms with E-state index >= 15 is 0 Å². The second-order valence-corrected chi connectivity index (χ2v) is 7.96. The Morgan fingerprint density at radius 3 is 2.07 bits per heavy atom. The third-order valence-electron chi connectivity index (χ3n) is 5.86. The van der Waals surface area contributed by atoms with Crippen molar-refractivity contribution in [3.8, 4) is 0 Å². The van der Waals surface area contributed by atoms with Crippen LogP contribution in [0, 0.1) is 5.92 Å². The fourth-order valence-electron chi connectivity index (χ4n) is 4.08. The van der Waals surface area contributed by atoms with E-state index in [1.54, 1.807) is 11.0 Å². The van der Waals surface area contributed by atoms with Crippen molar-refractivity contribution in [3.63, 3.8) is 0 Å². The average molecular weight is 377 g/mol. The van der Waals surface area contributed by atoms with Gasteiger partial charge in [0.15, 0.2) is 0 Å². The molecule has 0 aromatic carbocycles. The van der Waals surface area contributed by atoms with Gasteiger partial charge in [0, 0.05) is 26.1 Å². The van der Waals surface area contributed by atoms with Gasteiger partial charge in [0.2, 0.25) is 11.8 Å². The lowest BCUT2D eigenvalue weighted by molar-refractivity contribution is -0.132. The number of amides is 2. The number of nitrogens with zero attached hydrogens (tertiary/aromatic N) is 2.